The van der Waals surface area contributed by atoms with Crippen LogP contribution in [0, 0.1) is 20.8 Å². The monoisotopic (exact) mass is 368 g/mol. The quantitative estimate of drug-likeness (QED) is 0.583. The summed E-state index contributed by atoms with van der Waals surface area (Å²) in [5, 5.41) is 0. The van der Waals surface area contributed by atoms with Crippen LogP contribution >= 0.6 is 7.75 Å². The second-order valence-corrected chi connectivity index (χ2v) is 8.19. The van der Waals surface area contributed by atoms with Crippen molar-refractivity contribution < 1.29 is 14.4 Å². The Morgan fingerprint density at radius 3 is 1.46 bits per heavy atom. The summed E-state index contributed by atoms with van der Waals surface area (Å²) in [7, 11) is -4.70. The molecule has 0 amide bonds. The molecule has 0 fully saturated rings. The molecule has 134 valence electrons. The lowest BCUT2D eigenvalue weighted by Crippen LogP contribution is -2.36. The van der Waals surface area contributed by atoms with Crippen LogP contribution in [0.3, 0.4) is 0 Å². The van der Waals surface area contributed by atoms with Gasteiger partial charge in [0.2, 0.25) is 0 Å². The third kappa shape index (κ3) is 2.91. The minimum Gasteiger partial charge on any atom is -0.278 e. The molecule has 0 bridgehead atoms. The van der Waals surface area contributed by atoms with Crippen LogP contribution in [-0.4, -0.2) is 9.79 Å². The van der Waals surface area contributed by atoms with Crippen molar-refractivity contribution in [2.75, 3.05) is 0 Å². The van der Waals surface area contributed by atoms with Crippen molar-refractivity contribution in [1.29, 1.82) is 0 Å². The Morgan fingerprint density at radius 2 is 1.12 bits per heavy atom. The molecule has 3 rings (SSSR count). The zero-order valence-corrected chi connectivity index (χ0v) is 16.0. The number of aryl methyl sites for hydroxylation is 3. The lowest BCUT2D eigenvalue weighted by Gasteiger charge is -2.38. The van der Waals surface area contributed by atoms with Crippen LogP contribution in [0.4, 0.5) is 17.1 Å². The number of para-hydroxylation sites is 2. The Morgan fingerprint density at radius 1 is 0.731 bits per heavy atom. The smallest absolute Gasteiger partial charge is 0.278 e. The van der Waals surface area contributed by atoms with Crippen molar-refractivity contribution in [1.82, 2.24) is 4.25 Å². The topological polar surface area (TPSA) is 57.5 Å². The van der Waals surface area contributed by atoms with E-state index in [1.807, 2.05) is 45.0 Å². The van der Waals surface area contributed by atoms with Crippen molar-refractivity contribution in [3.8, 4) is 0 Å². The van der Waals surface area contributed by atoms with Crippen LogP contribution in [0.2, 0.25) is 0 Å². The largest absolute Gasteiger partial charge is 0.541 e. The van der Waals surface area contributed by atoms with E-state index in [-0.39, 0.29) is 0 Å². The fourth-order valence-electron chi connectivity index (χ4n) is 3.81. The maximum absolute atomic E-state index is 13.1. The first kappa shape index (κ1) is 18.6. The Hall–Kier alpha value is -2.23. The molecule has 0 aromatic heterocycles. The molecule has 0 radical (unpaired) electrons. The molecule has 2 N–H and O–H groups in total. The summed E-state index contributed by atoms with van der Waals surface area (Å²) in [6, 6.07) is 21.9. The van der Waals surface area contributed by atoms with Gasteiger partial charge in [0, 0.05) is 35.4 Å². The van der Waals surface area contributed by atoms with E-state index in [1.54, 1.807) is 48.5 Å². The first-order valence-electron chi connectivity index (χ1n) is 8.43. The normalized spacial score (nSPS) is 12.2. The van der Waals surface area contributed by atoms with Crippen molar-refractivity contribution >= 4 is 24.8 Å². The molecule has 0 heterocycles. The molecular formula is C21H23NO3P+. The minimum absolute atomic E-state index is 0.530. The van der Waals surface area contributed by atoms with E-state index in [4.69, 9.17) is 0 Å². The predicted octanol–water partition coefficient (Wildman–Crippen LogP) is 5.68. The highest BCUT2D eigenvalue weighted by Gasteiger charge is 2.54. The van der Waals surface area contributed by atoms with E-state index in [0.29, 0.717) is 17.1 Å². The van der Waals surface area contributed by atoms with Gasteiger partial charge in [0.1, 0.15) is 11.4 Å². The molecule has 0 saturated heterocycles. The maximum Gasteiger partial charge on any atom is 0.541 e. The van der Waals surface area contributed by atoms with Crippen LogP contribution in [-0.2, 0) is 4.57 Å². The third-order valence-corrected chi connectivity index (χ3v) is 6.05. The zero-order valence-electron chi connectivity index (χ0n) is 15.1. The van der Waals surface area contributed by atoms with E-state index in [9.17, 15) is 14.4 Å². The zero-order chi connectivity index (χ0) is 18.9. The number of hydrogen-bond acceptors (Lipinski definition) is 1. The highest BCUT2D eigenvalue weighted by molar-refractivity contribution is 7.52. The van der Waals surface area contributed by atoms with Gasteiger partial charge in [-0.3, -0.25) is 9.79 Å². The van der Waals surface area contributed by atoms with Gasteiger partial charge in [-0.1, -0.05) is 54.1 Å². The Balaban J connectivity index is 2.54. The highest BCUT2D eigenvalue weighted by atomic mass is 31.2. The lowest BCUT2D eigenvalue weighted by molar-refractivity contribution is 0.332. The summed E-state index contributed by atoms with van der Waals surface area (Å²) in [6.07, 6.45) is 0. The van der Waals surface area contributed by atoms with E-state index >= 15 is 0 Å². The number of benzene rings is 3. The van der Waals surface area contributed by atoms with E-state index in [2.05, 4.69) is 0 Å². The fourth-order valence-corrected chi connectivity index (χ4v) is 5.25. The predicted molar refractivity (Wildman–Crippen MR) is 107 cm³/mol. The number of rotatable bonds is 4. The van der Waals surface area contributed by atoms with Crippen LogP contribution in [0.1, 0.15) is 16.7 Å². The molecule has 3 aromatic rings. The van der Waals surface area contributed by atoms with Crippen molar-refractivity contribution in [3.05, 3.63) is 89.5 Å². The number of hydrogen-bond donors (Lipinski definition) is 2. The molecule has 3 aromatic carbocycles. The summed E-state index contributed by atoms with van der Waals surface area (Å²) < 4.78 is 12.5. The lowest BCUT2D eigenvalue weighted by atomic mass is 10.0. The third-order valence-electron chi connectivity index (χ3n) is 4.61. The molecular weight excluding hydrogens is 345 g/mol. The molecule has 5 heteroatoms. The van der Waals surface area contributed by atoms with Crippen molar-refractivity contribution in [2.45, 2.75) is 20.8 Å². The second-order valence-electron chi connectivity index (χ2n) is 6.57. The van der Waals surface area contributed by atoms with Gasteiger partial charge >= 0.3 is 7.75 Å². The Kier molecular flexibility index (Phi) is 4.87. The van der Waals surface area contributed by atoms with Gasteiger partial charge in [-0.05, 0) is 20.8 Å². The summed E-state index contributed by atoms with van der Waals surface area (Å²) in [4.78, 5) is 21.4. The average molecular weight is 368 g/mol. The standard InChI is InChI=1S/C21H22NO3P/c1-16-14-17(2)21(18(3)15-16)22(26(23,24)25,19-10-6-4-7-11-19)20-12-8-5-9-13-20/h4-15H,1-3H3,(H-,23,24,25)/p+1. The molecule has 4 nitrogen and oxygen atoms in total. The summed E-state index contributed by atoms with van der Waals surface area (Å²) >= 11 is 0. The molecule has 0 aliphatic carbocycles. The summed E-state index contributed by atoms with van der Waals surface area (Å²) in [5.74, 6) is 0. The van der Waals surface area contributed by atoms with Gasteiger partial charge in [0.05, 0.1) is 0 Å². The number of quaternary nitrogens is 1. The van der Waals surface area contributed by atoms with Crippen molar-refractivity contribution in [3.63, 3.8) is 0 Å². The molecule has 0 aliphatic heterocycles. The van der Waals surface area contributed by atoms with Crippen LogP contribution < -0.4 is 4.25 Å². The number of nitrogens with zero attached hydrogens (tertiary/aromatic N) is 1. The minimum atomic E-state index is -4.70. The van der Waals surface area contributed by atoms with Gasteiger partial charge in [-0.15, -0.1) is 4.25 Å². The second kappa shape index (κ2) is 6.82. The van der Waals surface area contributed by atoms with E-state index in [0.717, 1.165) is 16.7 Å². The van der Waals surface area contributed by atoms with Gasteiger partial charge in [0.15, 0.2) is 5.69 Å². The van der Waals surface area contributed by atoms with E-state index < -0.39 is 12.0 Å². The summed E-state index contributed by atoms with van der Waals surface area (Å²) in [5.41, 5.74) is 4.43. The van der Waals surface area contributed by atoms with Crippen LogP contribution in [0.25, 0.3) is 0 Å². The fraction of sp³-hybridized carbons (Fsp3) is 0.143. The van der Waals surface area contributed by atoms with Crippen LogP contribution in [0.15, 0.2) is 72.8 Å². The molecule has 0 spiro atoms. The SMILES string of the molecule is Cc1cc(C)c([N+](c2ccccc2)(c2ccccc2)P(=O)(O)O)c(C)c1. The average Bonchev–Trinajstić information content (AvgIpc) is 2.58. The van der Waals surface area contributed by atoms with Gasteiger partial charge < -0.3 is 0 Å². The molecule has 26 heavy (non-hydrogen) atoms. The molecule has 0 saturated carbocycles. The maximum atomic E-state index is 13.1. The molecule has 0 aliphatic rings. The first-order chi connectivity index (χ1) is 12.3. The Bertz CT molecular complexity index is 903. The van der Waals surface area contributed by atoms with Gasteiger partial charge in [-0.25, -0.2) is 4.57 Å². The van der Waals surface area contributed by atoms with Gasteiger partial charge in [-0.2, -0.15) is 0 Å². The van der Waals surface area contributed by atoms with Gasteiger partial charge in [0.25, 0.3) is 0 Å². The van der Waals surface area contributed by atoms with E-state index in [1.165, 1.54) is 0 Å². The highest BCUT2D eigenvalue weighted by Crippen LogP contribution is 2.64. The molecule has 0 atom stereocenters. The first-order valence-corrected chi connectivity index (χ1v) is 9.99. The van der Waals surface area contributed by atoms with Crippen LogP contribution in [0.5, 0.6) is 0 Å². The molecule has 0 unspecified atom stereocenters. The van der Waals surface area contributed by atoms with Crippen molar-refractivity contribution in [2.24, 2.45) is 0 Å². The summed E-state index contributed by atoms with van der Waals surface area (Å²) in [6.45, 7) is 5.80. The Labute approximate surface area is 154 Å².